The maximum atomic E-state index is 14.9. The molecule has 3 aromatic carbocycles. The highest BCUT2D eigenvalue weighted by Gasteiger charge is 2.73. The molecule has 2 saturated heterocycles. The van der Waals surface area contributed by atoms with Crippen LogP contribution in [0.3, 0.4) is 0 Å². The molecule has 2 fully saturated rings. The third-order valence-electron chi connectivity index (χ3n) is 8.03. The van der Waals surface area contributed by atoms with Gasteiger partial charge in [-0.25, -0.2) is 9.59 Å². The zero-order valence-electron chi connectivity index (χ0n) is 22.5. The number of imide groups is 2. The Kier molecular flexibility index (Phi) is 6.53. The number of hydrogen-bond acceptors (Lipinski definition) is 8. The Morgan fingerprint density at radius 3 is 2.39 bits per heavy atom. The predicted octanol–water partition coefficient (Wildman–Crippen LogP) is 3.38. The number of nitrogens with zero attached hydrogens (tertiary/aromatic N) is 3. The molecule has 0 aliphatic carbocycles. The minimum Gasteiger partial charge on any atom is -0.497 e. The number of carbonyl (C=O) groups is 4. The topological polar surface area (TPSA) is 118 Å². The van der Waals surface area contributed by atoms with E-state index < -0.39 is 47.2 Å². The van der Waals surface area contributed by atoms with E-state index in [4.69, 9.17) is 9.47 Å². The average molecular weight is 553 g/mol. The van der Waals surface area contributed by atoms with E-state index in [9.17, 15) is 19.2 Å². The van der Waals surface area contributed by atoms with Gasteiger partial charge in [0, 0.05) is 5.92 Å². The van der Waals surface area contributed by atoms with Crippen molar-refractivity contribution in [1.29, 1.82) is 0 Å². The monoisotopic (exact) mass is 552 g/mol. The van der Waals surface area contributed by atoms with Crippen LogP contribution in [0.25, 0.3) is 0 Å². The van der Waals surface area contributed by atoms with Gasteiger partial charge in [0.25, 0.3) is 0 Å². The standard InChI is InChI=1S/C31H28N4O6/c1-3-41-27(36)25-24(20-13-15-22(40-2)16-14-20)31(26-23-12-8-7-11-21(23)17-32-35(25)26)28(37)33-30(39)34(29(31)38)18-19-9-5-4-6-10-19/h4-17,24-26H,3,18H2,1-2H3,(H,33,37,39)/t24-,25-,26-,31-/m0/s1. The summed E-state index contributed by atoms with van der Waals surface area (Å²) in [5.41, 5.74) is 0.648. The second kappa shape index (κ2) is 10.2. The van der Waals surface area contributed by atoms with Crippen molar-refractivity contribution in [1.82, 2.24) is 15.2 Å². The Balaban J connectivity index is 1.61. The number of nitrogens with one attached hydrogen (secondary N) is 1. The van der Waals surface area contributed by atoms with Crippen LogP contribution in [0.15, 0.2) is 84.0 Å². The minimum atomic E-state index is -1.94. The van der Waals surface area contributed by atoms with E-state index in [1.165, 1.54) is 12.1 Å². The molecular weight excluding hydrogens is 524 g/mol. The normalized spacial score (nSPS) is 24.6. The van der Waals surface area contributed by atoms with Crippen molar-refractivity contribution in [2.45, 2.75) is 31.5 Å². The van der Waals surface area contributed by atoms with Gasteiger partial charge < -0.3 is 9.47 Å². The van der Waals surface area contributed by atoms with Gasteiger partial charge in [0.05, 0.1) is 32.5 Å². The molecule has 3 aliphatic rings. The van der Waals surface area contributed by atoms with Crippen LogP contribution in [0, 0.1) is 5.41 Å². The van der Waals surface area contributed by atoms with E-state index in [0.29, 0.717) is 28.0 Å². The van der Waals surface area contributed by atoms with Crippen molar-refractivity contribution < 1.29 is 28.7 Å². The third kappa shape index (κ3) is 3.97. The maximum Gasteiger partial charge on any atom is 0.331 e. The van der Waals surface area contributed by atoms with E-state index in [0.717, 1.165) is 4.90 Å². The predicted molar refractivity (Wildman–Crippen MR) is 148 cm³/mol. The lowest BCUT2D eigenvalue weighted by atomic mass is 9.64. The number of hydrogen-bond donors (Lipinski definition) is 1. The summed E-state index contributed by atoms with van der Waals surface area (Å²) in [4.78, 5) is 57.2. The van der Waals surface area contributed by atoms with Gasteiger partial charge in [-0.2, -0.15) is 5.10 Å². The van der Waals surface area contributed by atoms with Gasteiger partial charge >= 0.3 is 12.0 Å². The number of hydrazone groups is 1. The number of fused-ring (bicyclic) bond motifs is 4. The number of ether oxygens (including phenoxy) is 2. The van der Waals surface area contributed by atoms with Crippen LogP contribution >= 0.6 is 0 Å². The lowest BCUT2D eigenvalue weighted by Gasteiger charge is -2.44. The van der Waals surface area contributed by atoms with Crippen molar-refractivity contribution >= 4 is 30.0 Å². The van der Waals surface area contributed by atoms with Crippen molar-refractivity contribution in [2.75, 3.05) is 13.7 Å². The van der Waals surface area contributed by atoms with Gasteiger partial charge in [0.15, 0.2) is 11.5 Å². The van der Waals surface area contributed by atoms with E-state index in [1.54, 1.807) is 49.5 Å². The molecule has 0 saturated carbocycles. The Morgan fingerprint density at radius 1 is 0.976 bits per heavy atom. The molecule has 1 N–H and O–H groups in total. The Labute approximate surface area is 236 Å². The summed E-state index contributed by atoms with van der Waals surface area (Å²) in [6.07, 6.45) is 1.61. The fraction of sp³-hybridized carbons (Fsp3) is 0.258. The number of esters is 1. The fourth-order valence-corrected chi connectivity index (χ4v) is 6.31. The van der Waals surface area contributed by atoms with E-state index in [2.05, 4.69) is 10.4 Å². The number of barbiturate groups is 1. The quantitative estimate of drug-likeness (QED) is 0.368. The number of methoxy groups -OCH3 is 1. The molecule has 41 heavy (non-hydrogen) atoms. The fourth-order valence-electron chi connectivity index (χ4n) is 6.31. The number of rotatable bonds is 6. The van der Waals surface area contributed by atoms with Crippen molar-refractivity contribution in [2.24, 2.45) is 10.5 Å². The summed E-state index contributed by atoms with van der Waals surface area (Å²) in [5, 5.41) is 8.59. The summed E-state index contributed by atoms with van der Waals surface area (Å²) in [7, 11) is 1.53. The number of carbonyl (C=O) groups excluding carboxylic acids is 4. The first-order chi connectivity index (χ1) is 19.9. The number of urea groups is 1. The summed E-state index contributed by atoms with van der Waals surface area (Å²) < 4.78 is 10.8. The van der Waals surface area contributed by atoms with Crippen LogP contribution in [0.2, 0.25) is 0 Å². The van der Waals surface area contributed by atoms with Crippen LogP contribution in [-0.4, -0.2) is 59.7 Å². The molecule has 208 valence electrons. The van der Waals surface area contributed by atoms with Crippen LogP contribution in [-0.2, 0) is 25.7 Å². The van der Waals surface area contributed by atoms with Gasteiger partial charge in [-0.1, -0.05) is 66.7 Å². The third-order valence-corrected chi connectivity index (χ3v) is 8.03. The largest absolute Gasteiger partial charge is 0.497 e. The molecule has 0 bridgehead atoms. The average Bonchev–Trinajstić information content (AvgIpc) is 3.32. The van der Waals surface area contributed by atoms with Crippen LogP contribution < -0.4 is 10.1 Å². The van der Waals surface area contributed by atoms with Gasteiger partial charge in [-0.05, 0) is 41.3 Å². The van der Waals surface area contributed by atoms with Crippen LogP contribution in [0.5, 0.6) is 5.75 Å². The molecule has 0 aromatic heterocycles. The Hall–Kier alpha value is -4.99. The summed E-state index contributed by atoms with van der Waals surface area (Å²) in [5.74, 6) is -2.61. The summed E-state index contributed by atoms with van der Waals surface area (Å²) in [6, 6.07) is 20.3. The molecule has 3 aliphatic heterocycles. The smallest absolute Gasteiger partial charge is 0.331 e. The van der Waals surface area contributed by atoms with Gasteiger partial charge in [-0.3, -0.25) is 24.8 Å². The first kappa shape index (κ1) is 26.2. The molecule has 6 rings (SSSR count). The maximum absolute atomic E-state index is 14.9. The molecule has 3 aromatic rings. The molecule has 3 heterocycles. The molecule has 1 spiro atoms. The summed E-state index contributed by atoms with van der Waals surface area (Å²) in [6.45, 7) is 1.73. The van der Waals surface area contributed by atoms with E-state index in [1.807, 2.05) is 42.5 Å². The first-order valence-corrected chi connectivity index (χ1v) is 13.3. The highest BCUT2D eigenvalue weighted by Crippen LogP contribution is 2.61. The van der Waals surface area contributed by atoms with E-state index >= 15 is 0 Å². The second-order valence-corrected chi connectivity index (χ2v) is 10.1. The lowest BCUT2D eigenvalue weighted by Crippen LogP contribution is -2.66. The molecule has 0 unspecified atom stereocenters. The number of benzene rings is 3. The molecular formula is C31H28N4O6. The highest BCUT2D eigenvalue weighted by molar-refractivity contribution is 6.21. The summed E-state index contributed by atoms with van der Waals surface area (Å²) >= 11 is 0. The van der Waals surface area contributed by atoms with Crippen LogP contribution in [0.1, 0.15) is 41.1 Å². The van der Waals surface area contributed by atoms with Crippen molar-refractivity contribution in [3.05, 3.63) is 101 Å². The van der Waals surface area contributed by atoms with Gasteiger partial charge in [0.1, 0.15) is 5.75 Å². The lowest BCUT2D eigenvalue weighted by molar-refractivity contribution is -0.155. The zero-order valence-corrected chi connectivity index (χ0v) is 22.5. The van der Waals surface area contributed by atoms with E-state index in [-0.39, 0.29) is 13.2 Å². The van der Waals surface area contributed by atoms with Crippen molar-refractivity contribution in [3.63, 3.8) is 0 Å². The van der Waals surface area contributed by atoms with Gasteiger partial charge in [0.2, 0.25) is 11.8 Å². The SMILES string of the molecule is CCOC(=O)[C@@H]1[C@H](c2ccc(OC)cc2)[C@@]2(C(=O)NC(=O)N(Cc3ccccc3)C2=O)[C@@H]2c3ccccc3C=NN12. The number of amides is 4. The molecule has 4 amide bonds. The molecule has 4 atom stereocenters. The minimum absolute atomic E-state index is 0.0580. The molecule has 0 radical (unpaired) electrons. The Bertz CT molecular complexity index is 1560. The Morgan fingerprint density at radius 2 is 1.68 bits per heavy atom. The van der Waals surface area contributed by atoms with Crippen molar-refractivity contribution in [3.8, 4) is 5.75 Å². The zero-order chi connectivity index (χ0) is 28.7. The van der Waals surface area contributed by atoms with Crippen LogP contribution in [0.4, 0.5) is 4.79 Å². The second-order valence-electron chi connectivity index (χ2n) is 10.1. The van der Waals surface area contributed by atoms with Gasteiger partial charge in [-0.15, -0.1) is 0 Å². The highest BCUT2D eigenvalue weighted by atomic mass is 16.5. The molecule has 10 heteroatoms. The molecule has 10 nitrogen and oxygen atoms in total. The first-order valence-electron chi connectivity index (χ1n) is 13.3.